The molecule has 0 atom stereocenters. The summed E-state index contributed by atoms with van der Waals surface area (Å²) in [7, 11) is 0. The average Bonchev–Trinajstić information content (AvgIpc) is 3.10. The molecular formula is C35H18F6. The van der Waals surface area contributed by atoms with Gasteiger partial charge in [-0.1, -0.05) is 97.1 Å². The number of hydrogen-bond acceptors (Lipinski definition) is 0. The van der Waals surface area contributed by atoms with Gasteiger partial charge in [0, 0.05) is 11.1 Å². The molecule has 0 saturated heterocycles. The highest BCUT2D eigenvalue weighted by Crippen LogP contribution is 2.65. The maximum atomic E-state index is 15.1. The van der Waals surface area contributed by atoms with Crippen molar-refractivity contribution in [3.63, 3.8) is 0 Å². The molecule has 7 aromatic carbocycles. The first-order chi connectivity index (χ1) is 19.6. The first-order valence-corrected chi connectivity index (χ1v) is 13.1. The largest absolute Gasteiger partial charge is 0.380 e. The number of hydrogen-bond donors (Lipinski definition) is 0. The molecule has 0 unspecified atom stereocenters. The highest BCUT2D eigenvalue weighted by Gasteiger charge is 2.79. The topological polar surface area (TPSA) is 0 Å². The van der Waals surface area contributed by atoms with Crippen molar-refractivity contribution in [3.8, 4) is 11.1 Å². The second-order valence-electron chi connectivity index (χ2n) is 10.6. The minimum Gasteiger partial charge on any atom is -0.194 e. The maximum Gasteiger partial charge on any atom is 0.380 e. The molecule has 41 heavy (non-hydrogen) atoms. The molecule has 0 heterocycles. The lowest BCUT2D eigenvalue weighted by molar-refractivity contribution is -0.301. The Hall–Kier alpha value is -4.58. The van der Waals surface area contributed by atoms with E-state index in [1.807, 2.05) is 48.5 Å². The molecule has 0 aliphatic heterocycles. The van der Waals surface area contributed by atoms with E-state index < -0.39 is 28.9 Å². The van der Waals surface area contributed by atoms with Crippen molar-refractivity contribution < 1.29 is 26.3 Å². The average molecular weight is 553 g/mol. The number of benzene rings is 7. The fraction of sp³-hybridized carbons (Fsp3) is 0.0857. The summed E-state index contributed by atoms with van der Waals surface area (Å²) in [4.78, 5) is 0. The van der Waals surface area contributed by atoms with Crippen molar-refractivity contribution in [2.24, 2.45) is 0 Å². The number of rotatable bonds is 1. The van der Waals surface area contributed by atoms with E-state index >= 15 is 8.78 Å². The molecule has 6 heteroatoms. The van der Waals surface area contributed by atoms with E-state index in [9.17, 15) is 17.6 Å². The molecule has 0 spiro atoms. The summed E-state index contributed by atoms with van der Waals surface area (Å²) < 4.78 is 89.3. The zero-order chi connectivity index (χ0) is 28.3. The molecule has 0 saturated carbocycles. The first-order valence-electron chi connectivity index (χ1n) is 13.1. The maximum absolute atomic E-state index is 15.1. The van der Waals surface area contributed by atoms with Gasteiger partial charge in [-0.15, -0.1) is 0 Å². The van der Waals surface area contributed by atoms with Gasteiger partial charge in [-0.05, 0) is 77.1 Å². The Labute approximate surface area is 229 Å². The summed E-state index contributed by atoms with van der Waals surface area (Å²) in [6.45, 7) is 0. The van der Waals surface area contributed by atoms with Gasteiger partial charge in [0.05, 0.1) is 0 Å². The normalized spacial score (nSPS) is 17.1. The van der Waals surface area contributed by atoms with Crippen LogP contribution in [0.15, 0.2) is 109 Å². The molecule has 0 N–H and O–H groups in total. The van der Waals surface area contributed by atoms with Crippen LogP contribution in [0.2, 0.25) is 0 Å². The van der Waals surface area contributed by atoms with Crippen LogP contribution < -0.4 is 0 Å². The van der Waals surface area contributed by atoms with Crippen molar-refractivity contribution >= 4 is 53.9 Å². The van der Waals surface area contributed by atoms with Gasteiger partial charge in [-0.2, -0.15) is 26.3 Å². The van der Waals surface area contributed by atoms with Crippen LogP contribution in [0, 0.1) is 0 Å². The van der Waals surface area contributed by atoms with E-state index in [2.05, 4.69) is 18.2 Å². The van der Waals surface area contributed by atoms with Crippen LogP contribution in [0.3, 0.4) is 0 Å². The van der Waals surface area contributed by atoms with Gasteiger partial charge in [0.15, 0.2) is 0 Å². The summed E-state index contributed by atoms with van der Waals surface area (Å²) in [6, 6.07) is 32.3. The minimum atomic E-state index is -5.56. The van der Waals surface area contributed by atoms with E-state index in [1.54, 1.807) is 12.1 Å². The van der Waals surface area contributed by atoms with Gasteiger partial charge in [-0.25, -0.2) is 0 Å². The van der Waals surface area contributed by atoms with Crippen molar-refractivity contribution in [2.45, 2.75) is 17.8 Å². The van der Waals surface area contributed by atoms with Crippen LogP contribution >= 0.6 is 0 Å². The molecule has 0 amide bonds. The number of alkyl halides is 6. The molecular weight excluding hydrogens is 534 g/mol. The second-order valence-corrected chi connectivity index (χ2v) is 10.6. The summed E-state index contributed by atoms with van der Waals surface area (Å²) in [5.74, 6) is -15.6. The van der Waals surface area contributed by atoms with Crippen LogP contribution in [-0.2, 0) is 11.8 Å². The zero-order valence-electron chi connectivity index (χ0n) is 21.2. The zero-order valence-corrected chi connectivity index (χ0v) is 21.2. The number of halogens is 6. The Morgan fingerprint density at radius 1 is 0.317 bits per heavy atom. The van der Waals surface area contributed by atoms with Crippen LogP contribution in [0.1, 0.15) is 11.1 Å². The molecule has 0 bridgehead atoms. The van der Waals surface area contributed by atoms with Crippen LogP contribution in [0.5, 0.6) is 0 Å². The monoisotopic (exact) mass is 552 g/mol. The Morgan fingerprint density at radius 2 is 0.610 bits per heavy atom. The Kier molecular flexibility index (Phi) is 4.60. The first kappa shape index (κ1) is 24.2. The third kappa shape index (κ3) is 2.92. The lowest BCUT2D eigenvalue weighted by atomic mass is 9.89. The van der Waals surface area contributed by atoms with E-state index in [4.69, 9.17) is 0 Å². The molecule has 0 radical (unpaired) electrons. The molecule has 200 valence electrons. The van der Waals surface area contributed by atoms with Crippen LogP contribution in [-0.4, -0.2) is 5.92 Å². The lowest BCUT2D eigenvalue weighted by Gasteiger charge is -2.23. The SMILES string of the molecule is FC1(F)c2c(c3ccc(-c4ccc5c6ccccc6c6ccccc6c5c4)cc3c3ccccc23)C(F)(F)C1(F)F. The third-order valence-corrected chi connectivity index (χ3v) is 8.52. The highest BCUT2D eigenvalue weighted by molar-refractivity contribution is 6.25. The van der Waals surface area contributed by atoms with Gasteiger partial charge < -0.3 is 0 Å². The lowest BCUT2D eigenvalue weighted by Crippen LogP contribution is -2.43. The standard InChI is InChI=1S/C35H18F6/c36-33(37)31-27-12-6-5-11-25(27)30-18-20(14-16-28(30)32(31)34(38,39)35(33,40)41)19-13-15-26-23-9-2-1-7-21(23)22-8-3-4-10-24(22)29(26)17-19/h1-18H. The van der Waals surface area contributed by atoms with Gasteiger partial charge in [-0.3, -0.25) is 0 Å². The van der Waals surface area contributed by atoms with Gasteiger partial charge in [0.2, 0.25) is 0 Å². The summed E-state index contributed by atoms with van der Waals surface area (Å²) in [5.41, 5.74) is -1.16. The van der Waals surface area contributed by atoms with Crippen molar-refractivity contribution in [3.05, 3.63) is 120 Å². The van der Waals surface area contributed by atoms with Gasteiger partial charge in [0.25, 0.3) is 0 Å². The molecule has 0 nitrogen and oxygen atoms in total. The van der Waals surface area contributed by atoms with E-state index in [0.29, 0.717) is 5.56 Å². The third-order valence-electron chi connectivity index (χ3n) is 8.52. The summed E-state index contributed by atoms with van der Waals surface area (Å²) in [6.07, 6.45) is 0. The number of fused-ring (bicyclic) bond motifs is 12. The summed E-state index contributed by atoms with van der Waals surface area (Å²) in [5, 5.41) is 6.25. The van der Waals surface area contributed by atoms with Crippen molar-refractivity contribution in [2.75, 3.05) is 0 Å². The van der Waals surface area contributed by atoms with Crippen molar-refractivity contribution in [1.29, 1.82) is 0 Å². The van der Waals surface area contributed by atoms with E-state index in [1.165, 1.54) is 30.3 Å². The molecule has 0 aromatic heterocycles. The second kappa shape index (κ2) is 7.78. The molecule has 7 aromatic rings. The van der Waals surface area contributed by atoms with Gasteiger partial charge >= 0.3 is 17.8 Å². The minimum absolute atomic E-state index is 0.216. The predicted molar refractivity (Wildman–Crippen MR) is 152 cm³/mol. The Morgan fingerprint density at radius 3 is 1.07 bits per heavy atom. The molecule has 1 aliphatic carbocycles. The fourth-order valence-corrected chi connectivity index (χ4v) is 6.62. The smallest absolute Gasteiger partial charge is 0.194 e. The molecule has 8 rings (SSSR count). The van der Waals surface area contributed by atoms with Crippen molar-refractivity contribution in [1.82, 2.24) is 0 Å². The Bertz CT molecular complexity index is 2210. The molecule has 1 aliphatic rings. The van der Waals surface area contributed by atoms with E-state index in [-0.39, 0.29) is 21.5 Å². The van der Waals surface area contributed by atoms with Crippen LogP contribution in [0.25, 0.3) is 65.0 Å². The van der Waals surface area contributed by atoms with Crippen LogP contribution in [0.4, 0.5) is 26.3 Å². The summed E-state index contributed by atoms with van der Waals surface area (Å²) >= 11 is 0. The fourth-order valence-electron chi connectivity index (χ4n) is 6.62. The highest BCUT2D eigenvalue weighted by atomic mass is 19.3. The predicted octanol–water partition coefficient (Wildman–Crippen LogP) is 11.0. The van der Waals surface area contributed by atoms with Gasteiger partial charge in [0.1, 0.15) is 0 Å². The van der Waals surface area contributed by atoms with E-state index in [0.717, 1.165) is 37.9 Å². The molecule has 0 fully saturated rings. The Balaban J connectivity index is 1.44. The quantitative estimate of drug-likeness (QED) is 0.140.